The van der Waals surface area contributed by atoms with E-state index >= 15 is 0 Å². The molecule has 0 aromatic carbocycles. The van der Waals surface area contributed by atoms with Gasteiger partial charge in [0.15, 0.2) is 0 Å². The van der Waals surface area contributed by atoms with Gasteiger partial charge in [0.05, 0.1) is 12.6 Å². The second kappa shape index (κ2) is 6.39. The molecule has 2 atom stereocenters. The Hall–Kier alpha value is -1.36. The lowest BCUT2D eigenvalue weighted by atomic mass is 10.0. The molecule has 112 valence electrons. The Balaban J connectivity index is 2.34. The highest BCUT2D eigenvalue weighted by molar-refractivity contribution is 5.51. The minimum absolute atomic E-state index is 0.166. The van der Waals surface area contributed by atoms with Crippen LogP contribution < -0.4 is 10.2 Å². The molecule has 0 radical (unpaired) electrons. The molecule has 2 unspecified atom stereocenters. The molecule has 0 bridgehead atoms. The summed E-state index contributed by atoms with van der Waals surface area (Å²) in [6.07, 6.45) is 1.10. The van der Waals surface area contributed by atoms with E-state index in [-0.39, 0.29) is 12.6 Å². The van der Waals surface area contributed by atoms with Crippen molar-refractivity contribution in [2.75, 3.05) is 29.9 Å². The third kappa shape index (κ3) is 3.03. The SMILES string of the molecule is CCNc1cc(N2CCC(C)C2CO)nc(C(C)C)n1. The van der Waals surface area contributed by atoms with Gasteiger partial charge < -0.3 is 15.3 Å². The molecule has 2 N–H and O–H groups in total. The molecule has 5 nitrogen and oxygen atoms in total. The first-order chi connectivity index (χ1) is 9.56. The number of hydrogen-bond acceptors (Lipinski definition) is 5. The second-order valence-electron chi connectivity index (χ2n) is 5.86. The smallest absolute Gasteiger partial charge is 0.135 e. The monoisotopic (exact) mass is 278 g/mol. The Morgan fingerprint density at radius 1 is 1.45 bits per heavy atom. The molecular weight excluding hydrogens is 252 g/mol. The highest BCUT2D eigenvalue weighted by Crippen LogP contribution is 2.30. The summed E-state index contributed by atoms with van der Waals surface area (Å²) in [6, 6.07) is 2.16. The fourth-order valence-corrected chi connectivity index (χ4v) is 2.70. The molecule has 5 heteroatoms. The first-order valence-electron chi connectivity index (χ1n) is 7.57. The van der Waals surface area contributed by atoms with E-state index in [9.17, 15) is 5.11 Å². The lowest BCUT2D eigenvalue weighted by Crippen LogP contribution is -2.36. The summed E-state index contributed by atoms with van der Waals surface area (Å²) in [5, 5.41) is 12.9. The number of aliphatic hydroxyl groups is 1. The molecular formula is C15H26N4O. The van der Waals surface area contributed by atoms with E-state index in [1.807, 2.05) is 6.07 Å². The third-order valence-electron chi connectivity index (χ3n) is 3.97. The normalized spacial score (nSPS) is 22.6. The van der Waals surface area contributed by atoms with Gasteiger partial charge >= 0.3 is 0 Å². The zero-order valence-electron chi connectivity index (χ0n) is 12.9. The predicted octanol–water partition coefficient (Wildman–Crippen LogP) is 2.24. The Kier molecular flexibility index (Phi) is 4.81. The second-order valence-corrected chi connectivity index (χ2v) is 5.86. The van der Waals surface area contributed by atoms with Crippen LogP contribution in [0.2, 0.25) is 0 Å². The van der Waals surface area contributed by atoms with Crippen molar-refractivity contribution in [2.24, 2.45) is 5.92 Å². The van der Waals surface area contributed by atoms with Crippen LogP contribution in [0.3, 0.4) is 0 Å². The summed E-state index contributed by atoms with van der Waals surface area (Å²) >= 11 is 0. The van der Waals surface area contributed by atoms with Crippen LogP contribution in [0.1, 0.15) is 45.9 Å². The summed E-state index contributed by atoms with van der Waals surface area (Å²) in [5.74, 6) is 3.45. The van der Waals surface area contributed by atoms with Crippen molar-refractivity contribution in [3.05, 3.63) is 11.9 Å². The summed E-state index contributed by atoms with van der Waals surface area (Å²) in [4.78, 5) is 11.5. The summed E-state index contributed by atoms with van der Waals surface area (Å²) < 4.78 is 0. The fourth-order valence-electron chi connectivity index (χ4n) is 2.70. The van der Waals surface area contributed by atoms with Crippen molar-refractivity contribution in [2.45, 2.75) is 46.1 Å². The standard InChI is InChI=1S/C15H26N4O/c1-5-16-13-8-14(18-15(17-13)10(2)3)19-7-6-11(4)12(19)9-20/h8,10-12,20H,5-7,9H2,1-4H3,(H,16,17,18). The maximum Gasteiger partial charge on any atom is 0.135 e. The van der Waals surface area contributed by atoms with Crippen LogP contribution in [-0.2, 0) is 0 Å². The van der Waals surface area contributed by atoms with E-state index in [0.717, 1.165) is 37.0 Å². The fraction of sp³-hybridized carbons (Fsp3) is 0.733. The number of aromatic nitrogens is 2. The number of anilines is 2. The molecule has 2 rings (SSSR count). The zero-order valence-corrected chi connectivity index (χ0v) is 12.9. The number of rotatable bonds is 5. The Morgan fingerprint density at radius 3 is 2.80 bits per heavy atom. The number of hydrogen-bond donors (Lipinski definition) is 2. The van der Waals surface area contributed by atoms with Crippen LogP contribution in [0, 0.1) is 5.92 Å². The van der Waals surface area contributed by atoms with Crippen LogP contribution >= 0.6 is 0 Å². The Morgan fingerprint density at radius 2 is 2.20 bits per heavy atom. The molecule has 0 spiro atoms. The van der Waals surface area contributed by atoms with E-state index in [0.29, 0.717) is 11.8 Å². The minimum Gasteiger partial charge on any atom is -0.394 e. The molecule has 0 aliphatic carbocycles. The van der Waals surface area contributed by atoms with Crippen LogP contribution in [0.25, 0.3) is 0 Å². The predicted molar refractivity (Wildman–Crippen MR) is 82.3 cm³/mol. The van der Waals surface area contributed by atoms with E-state index in [4.69, 9.17) is 4.98 Å². The third-order valence-corrected chi connectivity index (χ3v) is 3.97. The van der Waals surface area contributed by atoms with Crippen molar-refractivity contribution >= 4 is 11.6 Å². The van der Waals surface area contributed by atoms with Crippen LogP contribution in [-0.4, -0.2) is 40.8 Å². The van der Waals surface area contributed by atoms with Gasteiger partial charge in [0.2, 0.25) is 0 Å². The van der Waals surface area contributed by atoms with Crippen LogP contribution in [0.5, 0.6) is 0 Å². The number of nitrogens with zero attached hydrogens (tertiary/aromatic N) is 3. The molecule has 1 aromatic heterocycles. The van der Waals surface area contributed by atoms with Gasteiger partial charge in [0.25, 0.3) is 0 Å². The maximum absolute atomic E-state index is 9.62. The molecule has 1 aromatic rings. The van der Waals surface area contributed by atoms with Crippen molar-refractivity contribution in [3.63, 3.8) is 0 Å². The molecule has 20 heavy (non-hydrogen) atoms. The largest absolute Gasteiger partial charge is 0.394 e. The molecule has 1 fully saturated rings. The topological polar surface area (TPSA) is 61.3 Å². The summed E-state index contributed by atoms with van der Waals surface area (Å²) in [5.41, 5.74) is 0. The van der Waals surface area contributed by atoms with E-state index in [1.165, 1.54) is 0 Å². The summed E-state index contributed by atoms with van der Waals surface area (Å²) in [6.45, 7) is 10.4. The summed E-state index contributed by atoms with van der Waals surface area (Å²) in [7, 11) is 0. The average molecular weight is 278 g/mol. The van der Waals surface area contributed by atoms with E-state index in [1.54, 1.807) is 0 Å². The van der Waals surface area contributed by atoms with Gasteiger partial charge in [-0.2, -0.15) is 0 Å². The van der Waals surface area contributed by atoms with Gasteiger partial charge in [0, 0.05) is 25.1 Å². The number of nitrogens with one attached hydrogen (secondary N) is 1. The molecule has 1 aliphatic heterocycles. The van der Waals surface area contributed by atoms with Gasteiger partial charge in [-0.25, -0.2) is 9.97 Å². The van der Waals surface area contributed by atoms with Gasteiger partial charge in [0.1, 0.15) is 17.5 Å². The van der Waals surface area contributed by atoms with Gasteiger partial charge in [-0.15, -0.1) is 0 Å². The minimum atomic E-state index is 0.166. The van der Waals surface area contributed by atoms with Crippen molar-refractivity contribution < 1.29 is 5.11 Å². The molecule has 2 heterocycles. The van der Waals surface area contributed by atoms with Crippen LogP contribution in [0.15, 0.2) is 6.07 Å². The Bertz CT molecular complexity index is 449. The number of aliphatic hydroxyl groups excluding tert-OH is 1. The van der Waals surface area contributed by atoms with Crippen LogP contribution in [0.4, 0.5) is 11.6 Å². The highest BCUT2D eigenvalue weighted by atomic mass is 16.3. The van der Waals surface area contributed by atoms with Gasteiger partial charge in [-0.1, -0.05) is 20.8 Å². The highest BCUT2D eigenvalue weighted by Gasteiger charge is 2.32. The first kappa shape index (κ1) is 15.0. The van der Waals surface area contributed by atoms with Gasteiger partial charge in [-0.3, -0.25) is 0 Å². The quantitative estimate of drug-likeness (QED) is 0.865. The zero-order chi connectivity index (χ0) is 14.7. The first-order valence-corrected chi connectivity index (χ1v) is 7.57. The Labute approximate surface area is 121 Å². The van der Waals surface area contributed by atoms with E-state index in [2.05, 4.69) is 42.9 Å². The van der Waals surface area contributed by atoms with E-state index < -0.39 is 0 Å². The lowest BCUT2D eigenvalue weighted by molar-refractivity contribution is 0.244. The maximum atomic E-state index is 9.62. The molecule has 0 saturated carbocycles. The van der Waals surface area contributed by atoms with Crippen molar-refractivity contribution in [3.8, 4) is 0 Å². The lowest BCUT2D eigenvalue weighted by Gasteiger charge is -2.27. The average Bonchev–Trinajstić information content (AvgIpc) is 2.79. The molecule has 1 saturated heterocycles. The van der Waals surface area contributed by atoms with Gasteiger partial charge in [-0.05, 0) is 19.3 Å². The van der Waals surface area contributed by atoms with Crippen molar-refractivity contribution in [1.29, 1.82) is 0 Å². The molecule has 0 amide bonds. The van der Waals surface area contributed by atoms with Crippen molar-refractivity contribution in [1.82, 2.24) is 9.97 Å². The molecule has 1 aliphatic rings.